The van der Waals surface area contributed by atoms with Crippen LogP contribution in [0.2, 0.25) is 0 Å². The Hall–Kier alpha value is -0.830. The molecule has 21 heavy (non-hydrogen) atoms. The van der Waals surface area contributed by atoms with E-state index in [1.807, 2.05) is 0 Å². The lowest BCUT2D eigenvalue weighted by Crippen LogP contribution is -2.53. The fourth-order valence-electron chi connectivity index (χ4n) is 1.64. The van der Waals surface area contributed by atoms with Gasteiger partial charge in [0.1, 0.15) is 18.4 Å². The highest BCUT2D eigenvalue weighted by Crippen LogP contribution is 2.14. The number of halogens is 1. The Morgan fingerprint density at radius 1 is 1.29 bits per heavy atom. The minimum Gasteiger partial charge on any atom is -0.549 e. The standard InChI is InChI=1S/C12H22N2O5S.ClH/c1-7(15)10(11(16)17)9(5-14(2,3)4)19-12(18)8(13)6-20;/h8-10H,5-6,13H2,1-4H3,(H-,16,17,20);1H/t8-,9?,10?;/m0./s1. The van der Waals surface area contributed by atoms with Gasteiger partial charge in [-0.2, -0.15) is 12.6 Å². The van der Waals surface area contributed by atoms with E-state index in [1.54, 1.807) is 21.1 Å². The molecule has 0 aromatic heterocycles. The molecule has 0 aromatic carbocycles. The molecule has 7 nitrogen and oxygen atoms in total. The van der Waals surface area contributed by atoms with Crippen molar-refractivity contribution in [3.63, 3.8) is 0 Å². The molecule has 0 bridgehead atoms. The van der Waals surface area contributed by atoms with Crippen molar-refractivity contribution in [3.05, 3.63) is 0 Å². The van der Waals surface area contributed by atoms with Gasteiger partial charge in [0.25, 0.3) is 0 Å². The van der Waals surface area contributed by atoms with E-state index in [1.165, 1.54) is 0 Å². The molecule has 3 atom stereocenters. The fourth-order valence-corrected chi connectivity index (χ4v) is 1.79. The molecule has 2 N–H and O–H groups in total. The Balaban J connectivity index is 0. The van der Waals surface area contributed by atoms with Crippen LogP contribution in [-0.2, 0) is 19.1 Å². The number of rotatable bonds is 8. The van der Waals surface area contributed by atoms with E-state index in [2.05, 4.69) is 12.6 Å². The smallest absolute Gasteiger partial charge is 0.324 e. The fraction of sp³-hybridized carbons (Fsp3) is 0.750. The molecule has 124 valence electrons. The van der Waals surface area contributed by atoms with E-state index in [0.29, 0.717) is 4.48 Å². The van der Waals surface area contributed by atoms with Crippen LogP contribution in [0.25, 0.3) is 0 Å². The van der Waals surface area contributed by atoms with Crippen molar-refractivity contribution in [2.75, 3.05) is 33.4 Å². The average molecular weight is 343 g/mol. The predicted octanol–water partition coefficient (Wildman–Crippen LogP) is -1.76. The minimum atomic E-state index is -1.57. The number of aliphatic carboxylic acids is 1. The summed E-state index contributed by atoms with van der Waals surface area (Å²) < 4.78 is 5.40. The molecule has 0 heterocycles. The van der Waals surface area contributed by atoms with Gasteiger partial charge in [-0.05, 0) is 6.92 Å². The summed E-state index contributed by atoms with van der Waals surface area (Å²) in [5.74, 6) is -4.43. The summed E-state index contributed by atoms with van der Waals surface area (Å²) in [4.78, 5) is 34.3. The van der Waals surface area contributed by atoms with Crippen LogP contribution in [0.3, 0.4) is 0 Å². The minimum absolute atomic E-state index is 0. The van der Waals surface area contributed by atoms with Gasteiger partial charge in [-0.25, -0.2) is 0 Å². The summed E-state index contributed by atoms with van der Waals surface area (Å²) in [6.45, 7) is 1.26. The highest BCUT2D eigenvalue weighted by atomic mass is 35.5. The highest BCUT2D eigenvalue weighted by Gasteiger charge is 2.35. The maximum Gasteiger partial charge on any atom is 0.324 e. The number of likely N-dealkylation sites (N-methyl/N-ethyl adjacent to an activating group) is 1. The maximum absolute atomic E-state index is 11.7. The summed E-state index contributed by atoms with van der Waals surface area (Å²) in [6.07, 6.45) is -1.13. The lowest BCUT2D eigenvalue weighted by molar-refractivity contribution is -0.873. The number of thiol groups is 1. The monoisotopic (exact) mass is 342 g/mol. The molecule has 0 aromatic rings. The van der Waals surface area contributed by atoms with Gasteiger partial charge in [0.15, 0.2) is 6.10 Å². The normalized spacial score (nSPS) is 15.3. The van der Waals surface area contributed by atoms with Crippen molar-refractivity contribution in [2.45, 2.75) is 19.1 Å². The Morgan fingerprint density at radius 3 is 2.05 bits per heavy atom. The number of quaternary nitrogens is 1. The van der Waals surface area contributed by atoms with Crippen LogP contribution in [0.5, 0.6) is 0 Å². The molecular formula is C12H23ClN2O5S. The second-order valence-corrected chi connectivity index (χ2v) is 6.01. The van der Waals surface area contributed by atoms with Crippen molar-refractivity contribution in [1.82, 2.24) is 0 Å². The summed E-state index contributed by atoms with van der Waals surface area (Å²) in [5.41, 5.74) is 5.48. The lowest BCUT2D eigenvalue weighted by Gasteiger charge is -2.33. The molecular weight excluding hydrogens is 320 g/mol. The predicted molar refractivity (Wildman–Crippen MR) is 81.0 cm³/mol. The Kier molecular flexibility index (Phi) is 9.88. The van der Waals surface area contributed by atoms with E-state index in [4.69, 9.17) is 10.5 Å². The molecule has 0 spiro atoms. The van der Waals surface area contributed by atoms with Gasteiger partial charge in [-0.15, -0.1) is 12.4 Å². The third kappa shape index (κ3) is 8.25. The van der Waals surface area contributed by atoms with Gasteiger partial charge in [-0.1, -0.05) is 0 Å². The number of Topliss-reactive ketones (excluding diaryl/α,β-unsaturated/α-hetero) is 1. The largest absolute Gasteiger partial charge is 0.549 e. The number of nitrogens with zero attached hydrogens (tertiary/aromatic N) is 1. The maximum atomic E-state index is 11.7. The number of carboxylic acid groups (broad SMARTS) is 1. The van der Waals surface area contributed by atoms with E-state index >= 15 is 0 Å². The molecule has 0 fully saturated rings. The molecule has 0 saturated carbocycles. The van der Waals surface area contributed by atoms with Crippen LogP contribution in [0, 0.1) is 5.92 Å². The Labute approximate surface area is 136 Å². The molecule has 0 aliphatic rings. The number of carbonyl (C=O) groups is 3. The van der Waals surface area contributed by atoms with Crippen LogP contribution in [0.4, 0.5) is 0 Å². The molecule has 0 amide bonds. The average Bonchev–Trinajstić information content (AvgIpc) is 2.24. The zero-order chi connectivity index (χ0) is 16.1. The van der Waals surface area contributed by atoms with Crippen LogP contribution in [-0.4, -0.2) is 67.8 Å². The molecule has 0 saturated heterocycles. The number of ether oxygens (including phenoxy) is 1. The molecule has 0 aliphatic carbocycles. The second-order valence-electron chi connectivity index (χ2n) is 5.64. The Morgan fingerprint density at radius 2 is 1.76 bits per heavy atom. The lowest BCUT2D eigenvalue weighted by atomic mass is 9.97. The molecule has 0 rings (SSSR count). The third-order valence-corrected chi connectivity index (χ3v) is 2.95. The van der Waals surface area contributed by atoms with Crippen LogP contribution < -0.4 is 10.8 Å². The number of esters is 1. The van der Waals surface area contributed by atoms with Gasteiger partial charge in [0.05, 0.1) is 33.0 Å². The quantitative estimate of drug-likeness (QED) is 0.234. The van der Waals surface area contributed by atoms with Gasteiger partial charge in [0.2, 0.25) is 0 Å². The van der Waals surface area contributed by atoms with Gasteiger partial charge in [-0.3, -0.25) is 9.59 Å². The summed E-state index contributed by atoms with van der Waals surface area (Å²) in [7, 11) is 5.35. The van der Waals surface area contributed by atoms with Crippen molar-refractivity contribution in [3.8, 4) is 0 Å². The summed E-state index contributed by atoms with van der Waals surface area (Å²) in [6, 6.07) is -0.970. The van der Waals surface area contributed by atoms with Crippen molar-refractivity contribution >= 4 is 42.8 Å². The first kappa shape index (κ1) is 22.5. The Bertz CT molecular complexity index is 372. The van der Waals surface area contributed by atoms with E-state index < -0.39 is 35.8 Å². The molecule has 2 unspecified atom stereocenters. The zero-order valence-electron chi connectivity index (χ0n) is 12.6. The summed E-state index contributed by atoms with van der Waals surface area (Å²) in [5, 5.41) is 11.1. The number of nitrogens with two attached hydrogens (primary N) is 1. The van der Waals surface area contributed by atoms with Gasteiger partial charge >= 0.3 is 5.97 Å². The molecule has 9 heteroatoms. The number of carboxylic acids is 1. The second kappa shape index (κ2) is 9.24. The first-order valence-corrected chi connectivity index (χ1v) is 6.71. The molecule has 0 aliphatic heterocycles. The number of ketones is 1. The van der Waals surface area contributed by atoms with E-state index in [9.17, 15) is 19.5 Å². The van der Waals surface area contributed by atoms with Crippen molar-refractivity contribution < 1.29 is 28.7 Å². The summed E-state index contributed by atoms with van der Waals surface area (Å²) >= 11 is 3.87. The first-order valence-electron chi connectivity index (χ1n) is 6.08. The highest BCUT2D eigenvalue weighted by molar-refractivity contribution is 7.80. The van der Waals surface area contributed by atoms with E-state index in [-0.39, 0.29) is 24.7 Å². The number of carbonyl (C=O) groups excluding carboxylic acids is 3. The van der Waals surface area contributed by atoms with Gasteiger partial charge in [0, 0.05) is 5.75 Å². The zero-order valence-corrected chi connectivity index (χ0v) is 14.3. The number of hydrogen-bond acceptors (Lipinski definition) is 7. The SMILES string of the molecule is CC(=O)C(C(=O)[O-])C(C[N+](C)(C)C)OC(=O)[C@@H](N)CS.Cl. The van der Waals surface area contributed by atoms with Crippen LogP contribution >= 0.6 is 25.0 Å². The first-order chi connectivity index (χ1) is 8.99. The van der Waals surface area contributed by atoms with E-state index in [0.717, 1.165) is 6.92 Å². The van der Waals surface area contributed by atoms with Crippen LogP contribution in [0.1, 0.15) is 6.92 Å². The third-order valence-electron chi connectivity index (χ3n) is 2.56. The molecule has 0 radical (unpaired) electrons. The topological polar surface area (TPSA) is 110 Å². The van der Waals surface area contributed by atoms with Crippen LogP contribution in [0.15, 0.2) is 0 Å². The number of hydrogen-bond donors (Lipinski definition) is 2. The van der Waals surface area contributed by atoms with Crippen molar-refractivity contribution in [1.29, 1.82) is 0 Å². The van der Waals surface area contributed by atoms with Crippen molar-refractivity contribution in [2.24, 2.45) is 11.7 Å². The van der Waals surface area contributed by atoms with Gasteiger partial charge < -0.3 is 24.9 Å².